The predicted octanol–water partition coefficient (Wildman–Crippen LogP) is 2.45. The second-order valence-corrected chi connectivity index (χ2v) is 7.11. The van der Waals surface area contributed by atoms with Crippen LogP contribution in [-0.2, 0) is 4.79 Å². The maximum atomic E-state index is 12.7. The third-order valence-corrected chi connectivity index (χ3v) is 5.35. The molecule has 2 aliphatic heterocycles. The molecule has 0 radical (unpaired) electrons. The van der Waals surface area contributed by atoms with Crippen LogP contribution in [0.25, 0.3) is 0 Å². The third-order valence-electron chi connectivity index (χ3n) is 5.35. The van der Waals surface area contributed by atoms with E-state index in [1.54, 1.807) is 12.1 Å². The number of ether oxygens (including phenoxy) is 1. The zero-order valence-electron chi connectivity index (χ0n) is 16.3. The maximum absolute atomic E-state index is 12.7. The van der Waals surface area contributed by atoms with Crippen molar-refractivity contribution in [2.45, 2.75) is 6.42 Å². The molecule has 2 aromatic carbocycles. The van der Waals surface area contributed by atoms with Crippen molar-refractivity contribution >= 4 is 17.3 Å². The highest BCUT2D eigenvalue weighted by molar-refractivity contribution is 6.02. The van der Waals surface area contributed by atoms with Crippen molar-refractivity contribution in [2.75, 3.05) is 51.3 Å². The summed E-state index contributed by atoms with van der Waals surface area (Å²) in [5.74, 6) is 0.976. The van der Waals surface area contributed by atoms with Crippen molar-refractivity contribution in [1.29, 1.82) is 0 Å². The Bertz CT molecular complexity index is 845. The van der Waals surface area contributed by atoms with Gasteiger partial charge in [-0.15, -0.1) is 0 Å². The fourth-order valence-corrected chi connectivity index (χ4v) is 3.78. The monoisotopic (exact) mass is 378 g/mol. The standard InChI is InChI=1S/C22H26N4O2/c1-28-21-10-6-5-9-20(21)25-15-13-24(14-16-25)17-22(27)26-12-11-19(23-26)18-7-3-2-4-8-18/h2-10H,11-17H2,1H3. The van der Waals surface area contributed by atoms with E-state index in [1.165, 1.54) is 0 Å². The molecule has 28 heavy (non-hydrogen) atoms. The molecule has 2 heterocycles. The van der Waals surface area contributed by atoms with E-state index in [0.29, 0.717) is 13.1 Å². The fraction of sp³-hybridized carbons (Fsp3) is 0.364. The van der Waals surface area contributed by atoms with Gasteiger partial charge in [0.15, 0.2) is 0 Å². The Morgan fingerprint density at radius 1 is 0.964 bits per heavy atom. The van der Waals surface area contributed by atoms with E-state index >= 15 is 0 Å². The molecular formula is C22H26N4O2. The molecule has 0 N–H and O–H groups in total. The Balaban J connectivity index is 1.31. The lowest BCUT2D eigenvalue weighted by Gasteiger charge is -2.36. The highest BCUT2D eigenvalue weighted by Crippen LogP contribution is 2.28. The summed E-state index contributed by atoms with van der Waals surface area (Å²) in [6.07, 6.45) is 0.817. The summed E-state index contributed by atoms with van der Waals surface area (Å²) in [5.41, 5.74) is 3.21. The van der Waals surface area contributed by atoms with E-state index in [0.717, 1.165) is 55.3 Å². The molecule has 0 spiro atoms. The van der Waals surface area contributed by atoms with Gasteiger partial charge in [-0.25, -0.2) is 5.01 Å². The first-order valence-corrected chi connectivity index (χ1v) is 9.78. The number of hydrazone groups is 1. The molecule has 0 atom stereocenters. The molecule has 2 aromatic rings. The van der Waals surface area contributed by atoms with Crippen LogP contribution in [0.3, 0.4) is 0 Å². The fourth-order valence-electron chi connectivity index (χ4n) is 3.78. The average molecular weight is 378 g/mol. The number of hydrogen-bond acceptors (Lipinski definition) is 5. The maximum Gasteiger partial charge on any atom is 0.256 e. The molecule has 0 bridgehead atoms. The smallest absolute Gasteiger partial charge is 0.256 e. The minimum atomic E-state index is 0.0803. The summed E-state index contributed by atoms with van der Waals surface area (Å²) in [5, 5.41) is 6.19. The van der Waals surface area contributed by atoms with E-state index in [1.807, 2.05) is 48.5 Å². The van der Waals surface area contributed by atoms with Gasteiger partial charge in [-0.1, -0.05) is 42.5 Å². The minimum Gasteiger partial charge on any atom is -0.495 e. The van der Waals surface area contributed by atoms with Crippen molar-refractivity contribution < 1.29 is 9.53 Å². The predicted molar refractivity (Wildman–Crippen MR) is 111 cm³/mol. The summed E-state index contributed by atoms with van der Waals surface area (Å²) < 4.78 is 5.47. The first-order chi connectivity index (χ1) is 13.7. The topological polar surface area (TPSA) is 48.4 Å². The van der Waals surface area contributed by atoms with Gasteiger partial charge in [-0.2, -0.15) is 5.10 Å². The van der Waals surface area contributed by atoms with Gasteiger partial charge in [0.1, 0.15) is 5.75 Å². The molecule has 0 aliphatic carbocycles. The third kappa shape index (κ3) is 4.02. The van der Waals surface area contributed by atoms with Gasteiger partial charge in [0.25, 0.3) is 5.91 Å². The Morgan fingerprint density at radius 2 is 1.68 bits per heavy atom. The second-order valence-electron chi connectivity index (χ2n) is 7.11. The van der Waals surface area contributed by atoms with Crippen LogP contribution in [0.1, 0.15) is 12.0 Å². The molecule has 0 saturated carbocycles. The molecule has 0 unspecified atom stereocenters. The van der Waals surface area contributed by atoms with Crippen LogP contribution in [0.4, 0.5) is 5.69 Å². The molecule has 1 saturated heterocycles. The second kappa shape index (κ2) is 8.44. The largest absolute Gasteiger partial charge is 0.495 e. The summed E-state index contributed by atoms with van der Waals surface area (Å²) in [6.45, 7) is 4.56. The van der Waals surface area contributed by atoms with E-state index in [-0.39, 0.29) is 5.91 Å². The molecule has 6 nitrogen and oxygen atoms in total. The van der Waals surface area contributed by atoms with Gasteiger partial charge in [0.2, 0.25) is 0 Å². The van der Waals surface area contributed by atoms with Crippen LogP contribution in [-0.4, -0.2) is 67.9 Å². The highest BCUT2D eigenvalue weighted by Gasteiger charge is 2.25. The number of methoxy groups -OCH3 is 1. The Labute approximate surface area is 166 Å². The number of nitrogens with zero attached hydrogens (tertiary/aromatic N) is 4. The normalized spacial score (nSPS) is 17.5. The lowest BCUT2D eigenvalue weighted by molar-refractivity contribution is -0.132. The Morgan fingerprint density at radius 3 is 2.43 bits per heavy atom. The van der Waals surface area contributed by atoms with Gasteiger partial charge >= 0.3 is 0 Å². The molecule has 2 aliphatic rings. The summed E-state index contributed by atoms with van der Waals surface area (Å²) in [4.78, 5) is 17.2. The van der Waals surface area contributed by atoms with Crippen LogP contribution < -0.4 is 9.64 Å². The number of amides is 1. The van der Waals surface area contributed by atoms with Crippen molar-refractivity contribution in [3.8, 4) is 5.75 Å². The summed E-state index contributed by atoms with van der Waals surface area (Å²) in [7, 11) is 1.70. The number of rotatable bonds is 5. The summed E-state index contributed by atoms with van der Waals surface area (Å²) >= 11 is 0. The van der Waals surface area contributed by atoms with Gasteiger partial charge in [-0.3, -0.25) is 9.69 Å². The van der Waals surface area contributed by atoms with Gasteiger partial charge < -0.3 is 9.64 Å². The van der Waals surface area contributed by atoms with Crippen LogP contribution in [0.2, 0.25) is 0 Å². The van der Waals surface area contributed by atoms with Crippen LogP contribution >= 0.6 is 0 Å². The number of benzene rings is 2. The molecule has 4 rings (SSSR count). The lowest BCUT2D eigenvalue weighted by Crippen LogP contribution is -2.49. The zero-order valence-corrected chi connectivity index (χ0v) is 16.3. The lowest BCUT2D eigenvalue weighted by atomic mass is 10.1. The average Bonchev–Trinajstić information content (AvgIpc) is 3.25. The number of anilines is 1. The van der Waals surface area contributed by atoms with E-state index < -0.39 is 0 Å². The number of para-hydroxylation sites is 2. The SMILES string of the molecule is COc1ccccc1N1CCN(CC(=O)N2CCC(c3ccccc3)=N2)CC1. The molecule has 146 valence electrons. The highest BCUT2D eigenvalue weighted by atomic mass is 16.5. The first kappa shape index (κ1) is 18.5. The first-order valence-electron chi connectivity index (χ1n) is 9.78. The van der Waals surface area contributed by atoms with Gasteiger partial charge in [0.05, 0.1) is 31.6 Å². The molecule has 0 aromatic heterocycles. The number of hydrogen-bond donors (Lipinski definition) is 0. The van der Waals surface area contributed by atoms with E-state index in [2.05, 4.69) is 21.0 Å². The van der Waals surface area contributed by atoms with Crippen LogP contribution in [0.15, 0.2) is 59.7 Å². The zero-order chi connectivity index (χ0) is 19.3. The Hall–Kier alpha value is -2.86. The molecule has 1 fully saturated rings. The van der Waals surface area contributed by atoms with Crippen molar-refractivity contribution in [2.24, 2.45) is 5.10 Å². The van der Waals surface area contributed by atoms with Crippen molar-refractivity contribution in [3.63, 3.8) is 0 Å². The number of piperazine rings is 1. The quantitative estimate of drug-likeness (QED) is 0.802. The molecule has 6 heteroatoms. The van der Waals surface area contributed by atoms with Crippen molar-refractivity contribution in [3.05, 3.63) is 60.2 Å². The number of carbonyl (C=O) groups is 1. The van der Waals surface area contributed by atoms with Crippen LogP contribution in [0, 0.1) is 0 Å². The van der Waals surface area contributed by atoms with Crippen LogP contribution in [0.5, 0.6) is 5.75 Å². The van der Waals surface area contributed by atoms with E-state index in [9.17, 15) is 4.79 Å². The molecule has 1 amide bonds. The molecular weight excluding hydrogens is 352 g/mol. The Kier molecular flexibility index (Phi) is 5.58. The van der Waals surface area contributed by atoms with Gasteiger partial charge in [0, 0.05) is 32.6 Å². The summed E-state index contributed by atoms with van der Waals surface area (Å²) in [6, 6.07) is 18.2. The van der Waals surface area contributed by atoms with E-state index in [4.69, 9.17) is 4.74 Å². The van der Waals surface area contributed by atoms with Crippen molar-refractivity contribution in [1.82, 2.24) is 9.91 Å². The minimum absolute atomic E-state index is 0.0803. The number of carbonyl (C=O) groups excluding carboxylic acids is 1. The van der Waals surface area contributed by atoms with Gasteiger partial charge in [-0.05, 0) is 17.7 Å².